The molecule has 7 nitrogen and oxygen atoms in total. The molecule has 2 aliphatic heterocycles. The smallest absolute Gasteiger partial charge is 0.383 e. The minimum atomic E-state index is -4.61. The van der Waals surface area contributed by atoms with Crippen molar-refractivity contribution in [3.63, 3.8) is 0 Å². The van der Waals surface area contributed by atoms with E-state index >= 15 is 0 Å². The highest BCUT2D eigenvalue weighted by Crippen LogP contribution is 2.47. The molecule has 0 bridgehead atoms. The molecule has 184 valence electrons. The molecular weight excluding hydrogens is 449 g/mol. The zero-order valence-corrected chi connectivity index (χ0v) is 19.2. The fourth-order valence-corrected chi connectivity index (χ4v) is 5.26. The van der Waals surface area contributed by atoms with Crippen molar-refractivity contribution in [3.8, 4) is 6.07 Å². The molecule has 1 aromatic rings. The number of carbonyl (C=O) groups is 2. The van der Waals surface area contributed by atoms with Crippen LogP contribution in [0.5, 0.6) is 0 Å². The Bertz CT molecular complexity index is 979. The number of ether oxygens (including phenoxy) is 1. The van der Waals surface area contributed by atoms with Gasteiger partial charge in [0.15, 0.2) is 0 Å². The van der Waals surface area contributed by atoms with Crippen LogP contribution in [0.2, 0.25) is 0 Å². The van der Waals surface area contributed by atoms with Gasteiger partial charge in [0.25, 0.3) is 0 Å². The number of hydrogen-bond acceptors (Lipinski definition) is 5. The van der Waals surface area contributed by atoms with E-state index in [0.717, 1.165) is 18.9 Å². The lowest BCUT2D eigenvalue weighted by molar-refractivity contribution is -0.138. The molecule has 1 aromatic carbocycles. The summed E-state index contributed by atoms with van der Waals surface area (Å²) in [5, 5.41) is 12.0. The normalized spacial score (nSPS) is 22.0. The molecule has 1 spiro atoms. The lowest BCUT2D eigenvalue weighted by atomic mass is 9.70. The maximum atomic E-state index is 13.4. The number of alkyl halides is 3. The first kappa shape index (κ1) is 24.3. The van der Waals surface area contributed by atoms with Crippen molar-refractivity contribution in [1.82, 2.24) is 10.2 Å². The Morgan fingerprint density at radius 1 is 1.26 bits per heavy atom. The third kappa shape index (κ3) is 4.85. The van der Waals surface area contributed by atoms with Gasteiger partial charge in [-0.2, -0.15) is 18.4 Å². The van der Waals surface area contributed by atoms with Gasteiger partial charge in [0.05, 0.1) is 29.7 Å². The summed E-state index contributed by atoms with van der Waals surface area (Å²) in [4.78, 5) is 29.5. The molecule has 1 unspecified atom stereocenters. The summed E-state index contributed by atoms with van der Waals surface area (Å²) in [6.45, 7) is 2.59. The summed E-state index contributed by atoms with van der Waals surface area (Å²) in [6, 6.07) is 5.39. The lowest BCUT2D eigenvalue weighted by Gasteiger charge is -2.43. The average Bonchev–Trinajstić information content (AvgIpc) is 3.60. The molecule has 2 heterocycles. The van der Waals surface area contributed by atoms with Gasteiger partial charge in [0.1, 0.15) is 0 Å². The van der Waals surface area contributed by atoms with E-state index in [-0.39, 0.29) is 23.7 Å². The number of carbonyl (C=O) groups excluding carboxylic acids is 2. The summed E-state index contributed by atoms with van der Waals surface area (Å²) in [5.74, 6) is -0.293. The number of likely N-dealkylation sites (tertiary alicyclic amines) is 1. The van der Waals surface area contributed by atoms with Crippen LogP contribution in [-0.4, -0.2) is 63.2 Å². The molecule has 2 saturated heterocycles. The monoisotopic (exact) mass is 478 g/mol. The molecule has 2 amide bonds. The van der Waals surface area contributed by atoms with Crippen molar-refractivity contribution >= 4 is 17.5 Å². The molecule has 0 radical (unpaired) electrons. The Morgan fingerprint density at radius 2 is 1.97 bits per heavy atom. The zero-order chi connectivity index (χ0) is 24.5. The van der Waals surface area contributed by atoms with Gasteiger partial charge in [-0.05, 0) is 43.9 Å². The molecule has 10 heteroatoms. The van der Waals surface area contributed by atoms with Crippen LogP contribution in [0.3, 0.4) is 0 Å². The molecule has 3 fully saturated rings. The standard InChI is InChI=1S/C24H29F3N4O3/c1-34-11-8-29-21(32)20-14-31(22(33)16-2-3-16)15-23(20)6-9-30(10-7-23)18-5-4-17(13-28)19(12-18)24(25,26)27/h4-5,12,16,20H,2-3,6-11,14-15H2,1H3,(H,29,32). The quantitative estimate of drug-likeness (QED) is 0.636. The summed E-state index contributed by atoms with van der Waals surface area (Å²) >= 11 is 0. The number of rotatable bonds is 6. The van der Waals surface area contributed by atoms with E-state index in [0.29, 0.717) is 57.9 Å². The van der Waals surface area contributed by atoms with Gasteiger partial charge < -0.3 is 19.9 Å². The topological polar surface area (TPSA) is 85.7 Å². The molecule has 1 N–H and O–H groups in total. The van der Waals surface area contributed by atoms with E-state index in [4.69, 9.17) is 10.00 Å². The highest BCUT2D eigenvalue weighted by Gasteiger charge is 2.53. The van der Waals surface area contributed by atoms with Gasteiger partial charge in [0.2, 0.25) is 11.8 Å². The molecule has 1 atom stereocenters. The van der Waals surface area contributed by atoms with Crippen LogP contribution >= 0.6 is 0 Å². The summed E-state index contributed by atoms with van der Waals surface area (Å²) < 4.78 is 45.3. The third-order valence-corrected chi connectivity index (χ3v) is 7.36. The molecular formula is C24H29F3N4O3. The van der Waals surface area contributed by atoms with Crippen molar-refractivity contribution < 1.29 is 27.5 Å². The second kappa shape index (κ2) is 9.45. The van der Waals surface area contributed by atoms with Crippen molar-refractivity contribution in [2.75, 3.05) is 51.3 Å². The average molecular weight is 479 g/mol. The number of nitrogens with zero attached hydrogens (tertiary/aromatic N) is 3. The maximum Gasteiger partial charge on any atom is 0.417 e. The maximum absolute atomic E-state index is 13.4. The van der Waals surface area contributed by atoms with E-state index in [2.05, 4.69) is 5.32 Å². The number of amides is 2. The van der Waals surface area contributed by atoms with Crippen molar-refractivity contribution in [1.29, 1.82) is 5.26 Å². The number of methoxy groups -OCH3 is 1. The Labute approximate surface area is 196 Å². The summed E-state index contributed by atoms with van der Waals surface area (Å²) in [7, 11) is 1.56. The second-order valence-corrected chi connectivity index (χ2v) is 9.52. The van der Waals surface area contributed by atoms with Gasteiger partial charge in [-0.25, -0.2) is 0 Å². The van der Waals surface area contributed by atoms with Crippen LogP contribution in [-0.2, 0) is 20.5 Å². The number of halogens is 3. The third-order valence-electron chi connectivity index (χ3n) is 7.36. The first-order valence-electron chi connectivity index (χ1n) is 11.6. The van der Waals surface area contributed by atoms with Gasteiger partial charge >= 0.3 is 6.18 Å². The Balaban J connectivity index is 1.51. The highest BCUT2D eigenvalue weighted by atomic mass is 19.4. The van der Waals surface area contributed by atoms with E-state index in [9.17, 15) is 22.8 Å². The largest absolute Gasteiger partial charge is 0.417 e. The van der Waals surface area contributed by atoms with E-state index in [1.54, 1.807) is 13.2 Å². The first-order chi connectivity index (χ1) is 16.2. The number of piperidine rings is 1. The van der Waals surface area contributed by atoms with Crippen molar-refractivity contribution in [2.45, 2.75) is 31.9 Å². The van der Waals surface area contributed by atoms with E-state index < -0.39 is 22.7 Å². The van der Waals surface area contributed by atoms with Crippen LogP contribution in [0.4, 0.5) is 18.9 Å². The number of nitriles is 1. The van der Waals surface area contributed by atoms with Crippen LogP contribution < -0.4 is 10.2 Å². The van der Waals surface area contributed by atoms with Crippen molar-refractivity contribution in [2.24, 2.45) is 17.3 Å². The SMILES string of the molecule is COCCNC(=O)C1CN(C(=O)C2CC2)CC12CCN(c1ccc(C#N)c(C(F)(F)F)c1)CC2. The highest BCUT2D eigenvalue weighted by molar-refractivity contribution is 5.85. The number of nitrogens with one attached hydrogen (secondary N) is 1. The zero-order valence-electron chi connectivity index (χ0n) is 19.2. The minimum Gasteiger partial charge on any atom is -0.383 e. The fourth-order valence-electron chi connectivity index (χ4n) is 5.26. The fraction of sp³-hybridized carbons (Fsp3) is 0.625. The van der Waals surface area contributed by atoms with Crippen LogP contribution in [0.25, 0.3) is 0 Å². The molecule has 3 aliphatic rings. The predicted molar refractivity (Wildman–Crippen MR) is 118 cm³/mol. The first-order valence-corrected chi connectivity index (χ1v) is 11.6. The van der Waals surface area contributed by atoms with E-state index in [1.807, 2.05) is 9.80 Å². The number of anilines is 1. The second-order valence-electron chi connectivity index (χ2n) is 9.52. The van der Waals surface area contributed by atoms with E-state index in [1.165, 1.54) is 12.1 Å². The number of benzene rings is 1. The molecule has 1 saturated carbocycles. The van der Waals surface area contributed by atoms with Crippen LogP contribution in [0.15, 0.2) is 18.2 Å². The Kier molecular flexibility index (Phi) is 6.76. The van der Waals surface area contributed by atoms with Gasteiger partial charge in [-0.1, -0.05) is 0 Å². The molecule has 34 heavy (non-hydrogen) atoms. The van der Waals surface area contributed by atoms with Gasteiger partial charge in [-0.3, -0.25) is 9.59 Å². The summed E-state index contributed by atoms with van der Waals surface area (Å²) in [5.41, 5.74) is -1.34. The Hall–Kier alpha value is -2.80. The lowest BCUT2D eigenvalue weighted by Crippen LogP contribution is -2.49. The van der Waals surface area contributed by atoms with Crippen LogP contribution in [0.1, 0.15) is 36.8 Å². The summed E-state index contributed by atoms with van der Waals surface area (Å²) in [6.07, 6.45) is -1.66. The van der Waals surface area contributed by atoms with Gasteiger partial charge in [0, 0.05) is 56.9 Å². The minimum absolute atomic E-state index is 0.0619. The van der Waals surface area contributed by atoms with Crippen LogP contribution in [0, 0.1) is 28.6 Å². The molecule has 0 aromatic heterocycles. The van der Waals surface area contributed by atoms with Crippen molar-refractivity contribution in [3.05, 3.63) is 29.3 Å². The molecule has 4 rings (SSSR count). The number of hydrogen-bond donors (Lipinski definition) is 1. The van der Waals surface area contributed by atoms with Gasteiger partial charge in [-0.15, -0.1) is 0 Å². The Morgan fingerprint density at radius 3 is 2.56 bits per heavy atom. The predicted octanol–water partition coefficient (Wildman–Crippen LogP) is 2.79. The molecule has 1 aliphatic carbocycles.